The van der Waals surface area contributed by atoms with Crippen LogP contribution in [0.2, 0.25) is 0 Å². The molecule has 1 heterocycles. The van der Waals surface area contributed by atoms with Crippen molar-refractivity contribution in [2.24, 2.45) is 5.92 Å². The van der Waals surface area contributed by atoms with Gasteiger partial charge in [0.1, 0.15) is 0 Å². The Labute approximate surface area is 86.0 Å². The van der Waals surface area contributed by atoms with Gasteiger partial charge in [-0.15, -0.1) is 0 Å². The Bertz CT molecular complexity index is 184. The molecule has 0 bridgehead atoms. The minimum Gasteiger partial charge on any atom is -0.338 e. The topological polar surface area (TPSA) is 44.4 Å². The number of carbonyl (C=O) groups is 1. The summed E-state index contributed by atoms with van der Waals surface area (Å²) in [5.41, 5.74) is 0. The van der Waals surface area contributed by atoms with Crippen LogP contribution in [0.1, 0.15) is 20.3 Å². The summed E-state index contributed by atoms with van der Waals surface area (Å²) < 4.78 is 0. The fraction of sp³-hybridized carbons (Fsp3) is 0.900. The molecule has 82 valence electrons. The van der Waals surface area contributed by atoms with E-state index in [2.05, 4.69) is 22.5 Å². The maximum absolute atomic E-state index is 11.1. The molecule has 1 unspecified atom stereocenters. The number of rotatable bonds is 4. The van der Waals surface area contributed by atoms with Gasteiger partial charge in [-0.25, -0.2) is 4.79 Å². The van der Waals surface area contributed by atoms with Gasteiger partial charge in [-0.2, -0.15) is 0 Å². The summed E-state index contributed by atoms with van der Waals surface area (Å²) in [4.78, 5) is 13.5. The third kappa shape index (κ3) is 3.54. The summed E-state index contributed by atoms with van der Waals surface area (Å²) in [5.74, 6) is 0.637. The van der Waals surface area contributed by atoms with Gasteiger partial charge < -0.3 is 15.5 Å². The van der Waals surface area contributed by atoms with Crippen LogP contribution in [-0.4, -0.2) is 43.7 Å². The van der Waals surface area contributed by atoms with Crippen LogP contribution in [0.15, 0.2) is 0 Å². The highest BCUT2D eigenvalue weighted by Gasteiger charge is 2.20. The molecule has 0 aromatic heterocycles. The first-order valence-electron chi connectivity index (χ1n) is 5.50. The van der Waals surface area contributed by atoms with E-state index >= 15 is 0 Å². The Morgan fingerprint density at radius 2 is 2.21 bits per heavy atom. The second-order valence-electron chi connectivity index (χ2n) is 3.79. The van der Waals surface area contributed by atoms with E-state index in [0.29, 0.717) is 12.5 Å². The second kappa shape index (κ2) is 5.86. The summed E-state index contributed by atoms with van der Waals surface area (Å²) in [6.07, 6.45) is 1.21. The Balaban J connectivity index is 2.11. The molecule has 0 spiro atoms. The number of nitrogens with one attached hydrogen (secondary N) is 2. The molecule has 1 fully saturated rings. The van der Waals surface area contributed by atoms with Gasteiger partial charge in [0.05, 0.1) is 0 Å². The minimum atomic E-state index is -0.0394. The second-order valence-corrected chi connectivity index (χ2v) is 3.79. The molecular formula is C10H21N3O. The third-order valence-corrected chi connectivity index (χ3v) is 2.71. The predicted molar refractivity (Wildman–Crippen MR) is 57.3 cm³/mol. The molecule has 0 aromatic rings. The van der Waals surface area contributed by atoms with Gasteiger partial charge in [0.15, 0.2) is 0 Å². The first-order chi connectivity index (χ1) is 6.76. The fourth-order valence-electron chi connectivity index (χ4n) is 1.83. The van der Waals surface area contributed by atoms with Gasteiger partial charge >= 0.3 is 6.03 Å². The predicted octanol–water partition coefficient (Wildman–Crippen LogP) is 0.647. The van der Waals surface area contributed by atoms with Crippen LogP contribution < -0.4 is 10.6 Å². The molecule has 4 heteroatoms. The highest BCUT2D eigenvalue weighted by atomic mass is 16.2. The SMILES string of the molecule is CCNC(=O)NCC1CCN(CC)C1. The summed E-state index contributed by atoms with van der Waals surface area (Å²) >= 11 is 0. The number of urea groups is 1. The monoisotopic (exact) mass is 199 g/mol. The molecule has 0 radical (unpaired) electrons. The minimum absolute atomic E-state index is 0.0394. The van der Waals surface area contributed by atoms with Crippen LogP contribution in [0.3, 0.4) is 0 Å². The van der Waals surface area contributed by atoms with Crippen molar-refractivity contribution >= 4 is 6.03 Å². The lowest BCUT2D eigenvalue weighted by molar-refractivity contribution is 0.239. The highest BCUT2D eigenvalue weighted by molar-refractivity contribution is 5.73. The standard InChI is InChI=1S/C10H21N3O/c1-3-11-10(14)12-7-9-5-6-13(4-2)8-9/h9H,3-8H2,1-2H3,(H2,11,12,14). The van der Waals surface area contributed by atoms with Crippen molar-refractivity contribution in [2.75, 3.05) is 32.7 Å². The van der Waals surface area contributed by atoms with Crippen molar-refractivity contribution in [1.82, 2.24) is 15.5 Å². The largest absolute Gasteiger partial charge is 0.338 e. The molecule has 4 nitrogen and oxygen atoms in total. The molecule has 1 atom stereocenters. The Hall–Kier alpha value is -0.770. The van der Waals surface area contributed by atoms with E-state index in [1.165, 1.54) is 13.0 Å². The van der Waals surface area contributed by atoms with Gasteiger partial charge in [-0.1, -0.05) is 6.92 Å². The zero-order valence-electron chi connectivity index (χ0n) is 9.18. The van der Waals surface area contributed by atoms with Crippen molar-refractivity contribution in [3.05, 3.63) is 0 Å². The number of amides is 2. The first-order valence-corrected chi connectivity index (χ1v) is 5.50. The normalized spacial score (nSPS) is 22.3. The zero-order chi connectivity index (χ0) is 10.4. The molecule has 0 saturated carbocycles. The van der Waals surface area contributed by atoms with Crippen LogP contribution in [0.4, 0.5) is 4.79 Å². The molecule has 1 saturated heterocycles. The molecule has 2 amide bonds. The molecule has 1 rings (SSSR count). The fourth-order valence-corrected chi connectivity index (χ4v) is 1.83. The quantitative estimate of drug-likeness (QED) is 0.698. The lowest BCUT2D eigenvalue weighted by atomic mass is 10.1. The zero-order valence-corrected chi connectivity index (χ0v) is 9.18. The Kier molecular flexibility index (Phi) is 4.73. The molecular weight excluding hydrogens is 178 g/mol. The van der Waals surface area contributed by atoms with Crippen molar-refractivity contribution < 1.29 is 4.79 Å². The van der Waals surface area contributed by atoms with Gasteiger partial charge in [0, 0.05) is 19.6 Å². The Morgan fingerprint density at radius 3 is 2.79 bits per heavy atom. The van der Waals surface area contributed by atoms with E-state index in [4.69, 9.17) is 0 Å². The van der Waals surface area contributed by atoms with Crippen LogP contribution in [0.25, 0.3) is 0 Å². The molecule has 1 aliphatic heterocycles. The smallest absolute Gasteiger partial charge is 0.314 e. The lowest BCUT2D eigenvalue weighted by Crippen LogP contribution is -2.38. The highest BCUT2D eigenvalue weighted by Crippen LogP contribution is 2.14. The molecule has 0 aromatic carbocycles. The van der Waals surface area contributed by atoms with Gasteiger partial charge in [-0.05, 0) is 32.4 Å². The maximum Gasteiger partial charge on any atom is 0.314 e. The molecule has 0 aliphatic carbocycles. The van der Waals surface area contributed by atoms with Crippen molar-refractivity contribution in [3.8, 4) is 0 Å². The number of likely N-dealkylation sites (tertiary alicyclic amines) is 1. The van der Waals surface area contributed by atoms with E-state index in [-0.39, 0.29) is 6.03 Å². The van der Waals surface area contributed by atoms with Gasteiger partial charge in [0.2, 0.25) is 0 Å². The summed E-state index contributed by atoms with van der Waals surface area (Å²) in [7, 11) is 0. The first kappa shape index (κ1) is 11.3. The van der Waals surface area contributed by atoms with Crippen molar-refractivity contribution in [2.45, 2.75) is 20.3 Å². The van der Waals surface area contributed by atoms with E-state index in [1.54, 1.807) is 0 Å². The van der Waals surface area contributed by atoms with Crippen LogP contribution in [0.5, 0.6) is 0 Å². The molecule has 1 aliphatic rings. The van der Waals surface area contributed by atoms with Gasteiger partial charge in [0.25, 0.3) is 0 Å². The van der Waals surface area contributed by atoms with E-state index in [0.717, 1.165) is 19.6 Å². The maximum atomic E-state index is 11.1. The summed E-state index contributed by atoms with van der Waals surface area (Å²) in [6, 6.07) is -0.0394. The molecule has 14 heavy (non-hydrogen) atoms. The van der Waals surface area contributed by atoms with Gasteiger partial charge in [-0.3, -0.25) is 0 Å². The van der Waals surface area contributed by atoms with E-state index in [9.17, 15) is 4.79 Å². The van der Waals surface area contributed by atoms with E-state index < -0.39 is 0 Å². The average Bonchev–Trinajstić information content (AvgIpc) is 2.63. The van der Waals surface area contributed by atoms with Crippen LogP contribution in [-0.2, 0) is 0 Å². The number of nitrogens with zero attached hydrogens (tertiary/aromatic N) is 1. The summed E-state index contributed by atoms with van der Waals surface area (Å²) in [6.45, 7) is 9.03. The number of hydrogen-bond acceptors (Lipinski definition) is 2. The third-order valence-electron chi connectivity index (χ3n) is 2.71. The average molecular weight is 199 g/mol. The van der Waals surface area contributed by atoms with E-state index in [1.807, 2.05) is 6.92 Å². The van der Waals surface area contributed by atoms with Crippen molar-refractivity contribution in [1.29, 1.82) is 0 Å². The van der Waals surface area contributed by atoms with Crippen LogP contribution >= 0.6 is 0 Å². The summed E-state index contributed by atoms with van der Waals surface area (Å²) in [5, 5.41) is 5.62. The lowest BCUT2D eigenvalue weighted by Gasteiger charge is -2.13. The number of hydrogen-bond donors (Lipinski definition) is 2. The van der Waals surface area contributed by atoms with Crippen LogP contribution in [0, 0.1) is 5.92 Å². The number of carbonyl (C=O) groups excluding carboxylic acids is 1. The molecule has 2 N–H and O–H groups in total. The van der Waals surface area contributed by atoms with Crippen molar-refractivity contribution in [3.63, 3.8) is 0 Å². The Morgan fingerprint density at radius 1 is 1.43 bits per heavy atom.